The van der Waals surface area contributed by atoms with Crippen molar-refractivity contribution in [3.05, 3.63) is 41.7 Å². The van der Waals surface area contributed by atoms with Gasteiger partial charge in [-0.2, -0.15) is 0 Å². The highest BCUT2D eigenvalue weighted by Crippen LogP contribution is 2.29. The van der Waals surface area contributed by atoms with Crippen molar-refractivity contribution in [1.29, 1.82) is 0 Å². The van der Waals surface area contributed by atoms with Gasteiger partial charge in [-0.25, -0.2) is 9.97 Å². The van der Waals surface area contributed by atoms with Crippen molar-refractivity contribution < 1.29 is 4.79 Å². The lowest BCUT2D eigenvalue weighted by atomic mass is 10.0. The van der Waals surface area contributed by atoms with E-state index in [9.17, 15) is 4.79 Å². The Morgan fingerprint density at radius 2 is 2.12 bits per heavy atom. The molecule has 2 aromatic rings. The van der Waals surface area contributed by atoms with Crippen LogP contribution in [0.1, 0.15) is 30.9 Å². The summed E-state index contributed by atoms with van der Waals surface area (Å²) in [5.74, 6) is 1.87. The molecule has 138 valence electrons. The molecule has 2 heterocycles. The molecular formula is C20H26N4OS. The highest BCUT2D eigenvalue weighted by molar-refractivity contribution is 8.00. The highest BCUT2D eigenvalue weighted by atomic mass is 32.2. The normalized spacial score (nSPS) is 17.2. The molecule has 5 nitrogen and oxygen atoms in total. The number of aryl methyl sites for hydroxylation is 2. The second kappa shape index (κ2) is 8.54. The highest BCUT2D eigenvalue weighted by Gasteiger charge is 2.21. The van der Waals surface area contributed by atoms with E-state index in [0.29, 0.717) is 11.7 Å². The Morgan fingerprint density at radius 3 is 2.88 bits per heavy atom. The molecule has 1 aromatic carbocycles. The van der Waals surface area contributed by atoms with Crippen LogP contribution in [0.25, 0.3) is 0 Å². The van der Waals surface area contributed by atoms with Crippen LogP contribution in [0.2, 0.25) is 0 Å². The van der Waals surface area contributed by atoms with Crippen molar-refractivity contribution in [2.45, 2.75) is 38.6 Å². The third-order valence-electron chi connectivity index (χ3n) is 4.60. The lowest BCUT2D eigenvalue weighted by molar-refractivity contribution is -0.113. The number of piperidine rings is 1. The van der Waals surface area contributed by atoms with Crippen molar-refractivity contribution in [1.82, 2.24) is 9.97 Å². The zero-order chi connectivity index (χ0) is 18.5. The summed E-state index contributed by atoms with van der Waals surface area (Å²) < 4.78 is 0. The van der Waals surface area contributed by atoms with E-state index in [0.717, 1.165) is 35.2 Å². The van der Waals surface area contributed by atoms with E-state index < -0.39 is 0 Å². The number of hydrogen-bond acceptors (Lipinski definition) is 5. The number of benzene rings is 1. The lowest BCUT2D eigenvalue weighted by Gasteiger charge is -2.32. The number of thioether (sulfide) groups is 1. The molecule has 0 spiro atoms. The Kier molecular flexibility index (Phi) is 6.14. The van der Waals surface area contributed by atoms with E-state index in [1.54, 1.807) is 12.4 Å². The van der Waals surface area contributed by atoms with E-state index in [1.165, 1.54) is 30.2 Å². The van der Waals surface area contributed by atoms with Gasteiger partial charge in [0.15, 0.2) is 5.82 Å². The number of nitrogens with one attached hydrogen (secondary N) is 1. The van der Waals surface area contributed by atoms with Gasteiger partial charge in [-0.1, -0.05) is 36.4 Å². The molecule has 1 aliphatic heterocycles. The molecule has 1 N–H and O–H groups in total. The third kappa shape index (κ3) is 4.75. The van der Waals surface area contributed by atoms with Gasteiger partial charge in [-0.3, -0.25) is 4.79 Å². The Morgan fingerprint density at radius 1 is 1.31 bits per heavy atom. The summed E-state index contributed by atoms with van der Waals surface area (Å²) in [7, 11) is 0. The van der Waals surface area contributed by atoms with Gasteiger partial charge in [-0.15, -0.1) is 0 Å². The number of nitrogens with zero attached hydrogens (tertiary/aromatic N) is 3. The molecular weight excluding hydrogens is 344 g/mol. The fourth-order valence-electron chi connectivity index (χ4n) is 3.29. The molecule has 0 aliphatic carbocycles. The molecule has 1 atom stereocenters. The smallest absolute Gasteiger partial charge is 0.234 e. The summed E-state index contributed by atoms with van der Waals surface area (Å²) >= 11 is 1.45. The van der Waals surface area contributed by atoms with Crippen molar-refractivity contribution in [2.75, 3.05) is 29.1 Å². The zero-order valence-corrected chi connectivity index (χ0v) is 16.5. The Balaban J connectivity index is 1.63. The monoisotopic (exact) mass is 370 g/mol. The summed E-state index contributed by atoms with van der Waals surface area (Å²) in [5, 5.41) is 3.82. The van der Waals surface area contributed by atoms with Crippen molar-refractivity contribution in [3.8, 4) is 0 Å². The first-order chi connectivity index (χ1) is 12.5. The van der Waals surface area contributed by atoms with Gasteiger partial charge in [0.25, 0.3) is 0 Å². The average molecular weight is 371 g/mol. The molecule has 0 bridgehead atoms. The molecule has 0 saturated carbocycles. The average Bonchev–Trinajstić information content (AvgIpc) is 2.62. The molecule has 1 unspecified atom stereocenters. The first-order valence-corrected chi connectivity index (χ1v) is 10.1. The summed E-state index contributed by atoms with van der Waals surface area (Å²) in [5.41, 5.74) is 3.13. The number of anilines is 2. The van der Waals surface area contributed by atoms with E-state index in [-0.39, 0.29) is 5.91 Å². The predicted octanol–water partition coefficient (Wildman–Crippen LogP) is 4.06. The van der Waals surface area contributed by atoms with Gasteiger partial charge >= 0.3 is 0 Å². The molecule has 1 saturated heterocycles. The van der Waals surface area contributed by atoms with E-state index >= 15 is 0 Å². The van der Waals surface area contributed by atoms with Gasteiger partial charge in [-0.05, 0) is 44.2 Å². The third-order valence-corrected chi connectivity index (χ3v) is 5.57. The number of carbonyl (C=O) groups is 1. The van der Waals surface area contributed by atoms with E-state index in [4.69, 9.17) is 0 Å². The van der Waals surface area contributed by atoms with Crippen LogP contribution >= 0.6 is 11.8 Å². The number of rotatable bonds is 5. The largest absolute Gasteiger partial charge is 0.354 e. The minimum Gasteiger partial charge on any atom is -0.354 e. The minimum absolute atomic E-state index is 0.0226. The number of amides is 1. The molecule has 1 fully saturated rings. The quantitative estimate of drug-likeness (QED) is 0.804. The maximum Gasteiger partial charge on any atom is 0.234 e. The standard InChI is InChI=1S/C20H26N4OS/c1-14-6-7-17(16(3)11-14)23-18(25)13-26-20-19(21-8-9-22-20)24-10-4-5-15(2)12-24/h6-9,11,15H,4-5,10,12-13H2,1-3H3,(H,23,25). The first-order valence-electron chi connectivity index (χ1n) is 9.09. The van der Waals surface area contributed by atoms with Crippen molar-refractivity contribution in [2.24, 2.45) is 5.92 Å². The van der Waals surface area contributed by atoms with Crippen LogP contribution in [0.4, 0.5) is 11.5 Å². The number of carbonyl (C=O) groups excluding carboxylic acids is 1. The van der Waals surface area contributed by atoms with E-state index in [2.05, 4.69) is 33.2 Å². The Labute approximate surface area is 159 Å². The second-order valence-electron chi connectivity index (χ2n) is 7.03. The van der Waals surface area contributed by atoms with Crippen LogP contribution in [0.5, 0.6) is 0 Å². The van der Waals surface area contributed by atoms with Crippen LogP contribution in [0, 0.1) is 19.8 Å². The van der Waals surface area contributed by atoms with Crippen LogP contribution in [0.3, 0.4) is 0 Å². The van der Waals surface area contributed by atoms with Crippen LogP contribution in [-0.2, 0) is 4.79 Å². The minimum atomic E-state index is -0.0226. The number of hydrogen-bond donors (Lipinski definition) is 1. The van der Waals surface area contributed by atoms with Gasteiger partial charge in [0.05, 0.1) is 5.75 Å². The molecule has 1 amide bonds. The first kappa shape index (κ1) is 18.7. The van der Waals surface area contributed by atoms with Gasteiger partial charge in [0, 0.05) is 31.2 Å². The SMILES string of the molecule is Cc1ccc(NC(=O)CSc2nccnc2N2CCCC(C)C2)c(C)c1. The maximum atomic E-state index is 12.4. The summed E-state index contributed by atoms with van der Waals surface area (Å²) in [6.45, 7) is 8.33. The zero-order valence-electron chi connectivity index (χ0n) is 15.7. The van der Waals surface area contributed by atoms with Crippen molar-refractivity contribution in [3.63, 3.8) is 0 Å². The molecule has 3 rings (SSSR count). The fraction of sp³-hybridized carbons (Fsp3) is 0.450. The number of aromatic nitrogens is 2. The van der Waals surface area contributed by atoms with Gasteiger partial charge in [0.1, 0.15) is 5.03 Å². The predicted molar refractivity (Wildman–Crippen MR) is 108 cm³/mol. The second-order valence-corrected chi connectivity index (χ2v) is 8.00. The van der Waals surface area contributed by atoms with Crippen LogP contribution in [-0.4, -0.2) is 34.7 Å². The lowest BCUT2D eigenvalue weighted by Crippen LogP contribution is -2.35. The maximum absolute atomic E-state index is 12.4. The summed E-state index contributed by atoms with van der Waals surface area (Å²) in [6, 6.07) is 6.03. The topological polar surface area (TPSA) is 58.1 Å². The van der Waals surface area contributed by atoms with Crippen molar-refractivity contribution >= 4 is 29.2 Å². The summed E-state index contributed by atoms with van der Waals surface area (Å²) in [6.07, 6.45) is 5.86. The molecule has 0 radical (unpaired) electrons. The van der Waals surface area contributed by atoms with Gasteiger partial charge < -0.3 is 10.2 Å². The Bertz CT molecular complexity index is 780. The molecule has 26 heavy (non-hydrogen) atoms. The molecule has 1 aliphatic rings. The molecule has 6 heteroatoms. The Hall–Kier alpha value is -2.08. The fourth-order valence-corrected chi connectivity index (χ4v) is 4.08. The summed E-state index contributed by atoms with van der Waals surface area (Å²) in [4.78, 5) is 23.7. The van der Waals surface area contributed by atoms with Crippen LogP contribution < -0.4 is 10.2 Å². The van der Waals surface area contributed by atoms with Crippen LogP contribution in [0.15, 0.2) is 35.6 Å². The van der Waals surface area contributed by atoms with E-state index in [1.807, 2.05) is 26.0 Å². The van der Waals surface area contributed by atoms with Gasteiger partial charge in [0.2, 0.25) is 5.91 Å². The molecule has 1 aromatic heterocycles.